The second-order valence-corrected chi connectivity index (χ2v) is 8.44. The van der Waals surface area contributed by atoms with E-state index in [-0.39, 0.29) is 0 Å². The number of nitrogens with zero attached hydrogens (tertiary/aromatic N) is 2. The number of aliphatic carboxylic acids is 1. The number of carboxylic acids is 1. The Hall–Kier alpha value is -2.90. The summed E-state index contributed by atoms with van der Waals surface area (Å²) in [5.74, 6) is -0.196. The number of rotatable bonds is 5. The predicted molar refractivity (Wildman–Crippen MR) is 113 cm³/mol. The van der Waals surface area contributed by atoms with Crippen LogP contribution in [0.25, 0.3) is 21.5 Å². The molecule has 4 aromatic rings. The van der Waals surface area contributed by atoms with E-state index in [2.05, 4.69) is 4.98 Å². The standard InChI is InChI=1S/C21H17ClN2O4S/c1-21(2,20(26)27)24-16(10-12-5-7-13(22)8-6-12)23-18-17(19(24)25)14(11-29-18)15-4-3-9-28-15/h3-9,11H,10H2,1-2H3,(H,26,27). The first-order valence-electron chi connectivity index (χ1n) is 8.84. The Morgan fingerprint density at radius 3 is 2.62 bits per heavy atom. The topological polar surface area (TPSA) is 85.3 Å². The summed E-state index contributed by atoms with van der Waals surface area (Å²) >= 11 is 7.29. The normalized spacial score (nSPS) is 11.8. The number of benzene rings is 1. The molecule has 0 saturated heterocycles. The van der Waals surface area contributed by atoms with Gasteiger partial charge < -0.3 is 9.52 Å². The Labute approximate surface area is 175 Å². The van der Waals surface area contributed by atoms with E-state index in [9.17, 15) is 14.7 Å². The molecule has 0 fully saturated rings. The molecular weight excluding hydrogens is 412 g/mol. The third-order valence-electron chi connectivity index (χ3n) is 4.82. The van der Waals surface area contributed by atoms with Crippen molar-refractivity contribution in [1.82, 2.24) is 9.55 Å². The number of aromatic nitrogens is 2. The Morgan fingerprint density at radius 2 is 2.00 bits per heavy atom. The lowest BCUT2D eigenvalue weighted by Gasteiger charge is -2.25. The second kappa shape index (κ2) is 7.17. The number of thiophene rings is 1. The van der Waals surface area contributed by atoms with Crippen LogP contribution < -0.4 is 5.56 Å². The van der Waals surface area contributed by atoms with Gasteiger partial charge in [0.25, 0.3) is 5.56 Å². The zero-order valence-corrected chi connectivity index (χ0v) is 17.3. The molecule has 6 nitrogen and oxygen atoms in total. The van der Waals surface area contributed by atoms with Crippen molar-refractivity contribution in [2.45, 2.75) is 25.8 Å². The smallest absolute Gasteiger partial charge is 0.329 e. The van der Waals surface area contributed by atoms with E-state index < -0.39 is 17.1 Å². The van der Waals surface area contributed by atoms with Crippen LogP contribution in [-0.2, 0) is 16.8 Å². The molecule has 0 saturated carbocycles. The van der Waals surface area contributed by atoms with Crippen LogP contribution >= 0.6 is 22.9 Å². The monoisotopic (exact) mass is 428 g/mol. The molecule has 0 atom stereocenters. The van der Waals surface area contributed by atoms with Gasteiger partial charge in [-0.25, -0.2) is 9.78 Å². The van der Waals surface area contributed by atoms with Gasteiger partial charge in [0, 0.05) is 22.4 Å². The van der Waals surface area contributed by atoms with Gasteiger partial charge in [-0.05, 0) is 43.7 Å². The fraction of sp³-hybridized carbons (Fsp3) is 0.190. The third-order valence-corrected chi connectivity index (χ3v) is 5.95. The summed E-state index contributed by atoms with van der Waals surface area (Å²) < 4.78 is 6.72. The van der Waals surface area contributed by atoms with Gasteiger partial charge in [-0.2, -0.15) is 0 Å². The second-order valence-electron chi connectivity index (χ2n) is 7.14. The minimum Gasteiger partial charge on any atom is -0.480 e. The SMILES string of the molecule is CC(C)(C(=O)O)n1c(Cc2ccc(Cl)cc2)nc2scc(-c3ccco3)c2c1=O. The Balaban J connectivity index is 1.98. The average molecular weight is 429 g/mol. The summed E-state index contributed by atoms with van der Waals surface area (Å²) in [5.41, 5.74) is -0.402. The van der Waals surface area contributed by atoms with Crippen molar-refractivity contribution < 1.29 is 14.3 Å². The highest BCUT2D eigenvalue weighted by atomic mass is 35.5. The van der Waals surface area contributed by atoms with Crippen molar-refractivity contribution >= 4 is 39.1 Å². The van der Waals surface area contributed by atoms with Gasteiger partial charge in [-0.1, -0.05) is 23.7 Å². The van der Waals surface area contributed by atoms with Crippen LogP contribution in [0.4, 0.5) is 0 Å². The van der Waals surface area contributed by atoms with Crippen LogP contribution in [0.5, 0.6) is 0 Å². The van der Waals surface area contributed by atoms with Gasteiger partial charge in [-0.15, -0.1) is 11.3 Å². The van der Waals surface area contributed by atoms with Gasteiger partial charge in [0.1, 0.15) is 22.0 Å². The van der Waals surface area contributed by atoms with Gasteiger partial charge in [-0.3, -0.25) is 9.36 Å². The highest BCUT2D eigenvalue weighted by molar-refractivity contribution is 7.17. The molecule has 0 radical (unpaired) electrons. The van der Waals surface area contributed by atoms with Crippen molar-refractivity contribution in [1.29, 1.82) is 0 Å². The van der Waals surface area contributed by atoms with Crippen LogP contribution in [0.15, 0.2) is 57.3 Å². The molecule has 0 aliphatic carbocycles. The minimum absolute atomic E-state index is 0.299. The first-order chi connectivity index (χ1) is 13.8. The highest BCUT2D eigenvalue weighted by Crippen LogP contribution is 2.32. The fourth-order valence-corrected chi connectivity index (χ4v) is 4.28. The number of carbonyl (C=O) groups is 1. The van der Waals surface area contributed by atoms with E-state index in [0.29, 0.717) is 38.8 Å². The lowest BCUT2D eigenvalue weighted by Crippen LogP contribution is -2.45. The van der Waals surface area contributed by atoms with E-state index in [1.807, 2.05) is 17.5 Å². The van der Waals surface area contributed by atoms with E-state index in [4.69, 9.17) is 16.0 Å². The van der Waals surface area contributed by atoms with Gasteiger partial charge in [0.05, 0.1) is 11.6 Å². The molecular formula is C21H17ClN2O4S. The first-order valence-corrected chi connectivity index (χ1v) is 10.1. The maximum atomic E-state index is 13.5. The van der Waals surface area contributed by atoms with E-state index in [0.717, 1.165) is 5.56 Å². The molecule has 29 heavy (non-hydrogen) atoms. The molecule has 0 bridgehead atoms. The summed E-state index contributed by atoms with van der Waals surface area (Å²) in [5, 5.41) is 12.6. The quantitative estimate of drug-likeness (QED) is 0.494. The number of carboxylic acid groups (broad SMARTS) is 1. The predicted octanol–water partition coefficient (Wildman–Crippen LogP) is 4.78. The average Bonchev–Trinajstić information content (AvgIpc) is 3.32. The lowest BCUT2D eigenvalue weighted by molar-refractivity contribution is -0.146. The maximum Gasteiger partial charge on any atom is 0.329 e. The number of hydrogen-bond donors (Lipinski definition) is 1. The molecule has 0 aliphatic heterocycles. The van der Waals surface area contributed by atoms with Gasteiger partial charge in [0.2, 0.25) is 0 Å². The van der Waals surface area contributed by atoms with Crippen molar-refractivity contribution in [2.75, 3.05) is 0 Å². The zero-order chi connectivity index (χ0) is 20.8. The molecule has 0 aliphatic rings. The zero-order valence-electron chi connectivity index (χ0n) is 15.7. The largest absolute Gasteiger partial charge is 0.480 e. The molecule has 0 spiro atoms. The van der Waals surface area contributed by atoms with E-state index in [1.165, 1.54) is 36.0 Å². The molecule has 3 heterocycles. The van der Waals surface area contributed by atoms with Crippen molar-refractivity contribution in [3.8, 4) is 11.3 Å². The lowest BCUT2D eigenvalue weighted by atomic mass is 10.0. The van der Waals surface area contributed by atoms with E-state index in [1.54, 1.807) is 24.3 Å². The first kappa shape index (κ1) is 19.4. The van der Waals surface area contributed by atoms with Crippen LogP contribution in [0, 0.1) is 0 Å². The van der Waals surface area contributed by atoms with Crippen LogP contribution in [-0.4, -0.2) is 20.6 Å². The van der Waals surface area contributed by atoms with Crippen LogP contribution in [0.1, 0.15) is 25.2 Å². The summed E-state index contributed by atoms with van der Waals surface area (Å²) in [4.78, 5) is 30.7. The van der Waals surface area contributed by atoms with E-state index >= 15 is 0 Å². The Bertz CT molecular complexity index is 1250. The number of fused-ring (bicyclic) bond motifs is 1. The molecule has 0 unspecified atom stereocenters. The molecule has 1 aromatic carbocycles. The third kappa shape index (κ3) is 3.36. The molecule has 1 N–H and O–H groups in total. The molecule has 8 heteroatoms. The van der Waals surface area contributed by atoms with Crippen LogP contribution in [0.3, 0.4) is 0 Å². The summed E-state index contributed by atoms with van der Waals surface area (Å²) in [7, 11) is 0. The van der Waals surface area contributed by atoms with Crippen molar-refractivity contribution in [3.05, 3.63) is 74.8 Å². The summed E-state index contributed by atoms with van der Waals surface area (Å²) in [6.07, 6.45) is 1.83. The van der Waals surface area contributed by atoms with Crippen molar-refractivity contribution in [2.24, 2.45) is 0 Å². The van der Waals surface area contributed by atoms with Gasteiger partial charge in [0.15, 0.2) is 0 Å². The maximum absolute atomic E-state index is 13.5. The van der Waals surface area contributed by atoms with Gasteiger partial charge >= 0.3 is 5.97 Å². The van der Waals surface area contributed by atoms with Crippen molar-refractivity contribution in [3.63, 3.8) is 0 Å². The number of hydrogen-bond acceptors (Lipinski definition) is 5. The molecule has 3 aromatic heterocycles. The molecule has 4 rings (SSSR count). The molecule has 148 valence electrons. The highest BCUT2D eigenvalue weighted by Gasteiger charge is 2.34. The summed E-state index contributed by atoms with van der Waals surface area (Å²) in [6, 6.07) is 10.7. The fourth-order valence-electron chi connectivity index (χ4n) is 3.22. The van der Waals surface area contributed by atoms with Crippen LogP contribution in [0.2, 0.25) is 5.02 Å². The number of halogens is 1. The minimum atomic E-state index is -1.48. The summed E-state index contributed by atoms with van der Waals surface area (Å²) in [6.45, 7) is 2.99. The Kier molecular flexibility index (Phi) is 4.80. The number of furan rings is 1. The Morgan fingerprint density at radius 1 is 1.28 bits per heavy atom. The molecule has 0 amide bonds.